The Morgan fingerprint density at radius 3 is 2.23 bits per heavy atom. The third kappa shape index (κ3) is 4.10. The van der Waals surface area contributed by atoms with E-state index in [-0.39, 0.29) is 12.5 Å². The van der Waals surface area contributed by atoms with Crippen molar-refractivity contribution in [2.45, 2.75) is 27.7 Å². The minimum atomic E-state index is -0.0601. The average Bonchev–Trinajstić information content (AvgIpc) is 2.41. The predicted octanol–water partition coefficient (Wildman–Crippen LogP) is 4.73. The molecule has 2 N–H and O–H groups in total. The van der Waals surface area contributed by atoms with Crippen LogP contribution in [0.2, 0.25) is 0 Å². The van der Waals surface area contributed by atoms with E-state index in [9.17, 15) is 4.79 Å². The van der Waals surface area contributed by atoms with E-state index in [1.165, 1.54) is 5.56 Å². The third-order valence-corrected chi connectivity index (χ3v) is 4.41. The first kappa shape index (κ1) is 16.6. The highest BCUT2D eigenvalue weighted by molar-refractivity contribution is 9.10. The zero-order valence-corrected chi connectivity index (χ0v) is 15.0. The molecule has 0 aliphatic heterocycles. The summed E-state index contributed by atoms with van der Waals surface area (Å²) in [5, 5.41) is 6.13. The predicted molar refractivity (Wildman–Crippen MR) is 96.7 cm³/mol. The quantitative estimate of drug-likeness (QED) is 0.826. The van der Waals surface area contributed by atoms with Gasteiger partial charge in [-0.05, 0) is 56.5 Å². The molecule has 4 heteroatoms. The van der Waals surface area contributed by atoms with Crippen LogP contribution in [-0.2, 0) is 4.79 Å². The maximum Gasteiger partial charge on any atom is 0.243 e. The highest BCUT2D eigenvalue weighted by Gasteiger charge is 2.07. The molecule has 2 rings (SSSR count). The van der Waals surface area contributed by atoms with E-state index in [0.29, 0.717) is 0 Å². The number of carbonyl (C=O) groups excluding carboxylic acids is 1. The lowest BCUT2D eigenvalue weighted by Crippen LogP contribution is -2.22. The molecule has 0 heterocycles. The molecule has 2 aromatic carbocycles. The molecule has 0 spiro atoms. The molecule has 0 saturated heterocycles. The Hall–Kier alpha value is -1.81. The van der Waals surface area contributed by atoms with E-state index < -0.39 is 0 Å². The second-order valence-electron chi connectivity index (χ2n) is 5.64. The first-order valence-electron chi connectivity index (χ1n) is 7.24. The highest BCUT2D eigenvalue weighted by atomic mass is 79.9. The van der Waals surface area contributed by atoms with Crippen LogP contribution in [0.15, 0.2) is 34.8 Å². The van der Waals surface area contributed by atoms with Crippen molar-refractivity contribution in [2.75, 3.05) is 17.2 Å². The van der Waals surface area contributed by atoms with Crippen molar-refractivity contribution in [3.63, 3.8) is 0 Å². The van der Waals surface area contributed by atoms with Crippen molar-refractivity contribution in [3.05, 3.63) is 57.1 Å². The lowest BCUT2D eigenvalue weighted by atomic mass is 10.1. The number of amides is 1. The molecule has 22 heavy (non-hydrogen) atoms. The fourth-order valence-electron chi connectivity index (χ4n) is 2.50. The molecule has 0 aliphatic carbocycles. The molecule has 0 unspecified atom stereocenters. The van der Waals surface area contributed by atoms with Gasteiger partial charge in [0.15, 0.2) is 0 Å². The molecule has 0 atom stereocenters. The average molecular weight is 361 g/mol. The SMILES string of the molecule is Cc1cc(C)c(NCC(=O)Nc2ccc(C)c(Br)c2)c(C)c1. The molecule has 0 saturated carbocycles. The van der Waals surface area contributed by atoms with Crippen LogP contribution in [0.25, 0.3) is 0 Å². The van der Waals surface area contributed by atoms with Crippen molar-refractivity contribution in [3.8, 4) is 0 Å². The van der Waals surface area contributed by atoms with Gasteiger partial charge in [-0.2, -0.15) is 0 Å². The third-order valence-electron chi connectivity index (χ3n) is 3.56. The first-order valence-corrected chi connectivity index (χ1v) is 8.04. The molecule has 0 bridgehead atoms. The second-order valence-corrected chi connectivity index (χ2v) is 6.49. The Kier molecular flexibility index (Phi) is 5.24. The van der Waals surface area contributed by atoms with Gasteiger partial charge in [-0.1, -0.05) is 39.7 Å². The minimum absolute atomic E-state index is 0.0601. The summed E-state index contributed by atoms with van der Waals surface area (Å²) in [4.78, 5) is 12.1. The number of hydrogen-bond acceptors (Lipinski definition) is 2. The zero-order chi connectivity index (χ0) is 16.3. The number of benzene rings is 2. The summed E-state index contributed by atoms with van der Waals surface area (Å²) in [5.41, 5.74) is 6.51. The number of carbonyl (C=O) groups is 1. The Morgan fingerprint density at radius 1 is 1.00 bits per heavy atom. The van der Waals surface area contributed by atoms with Gasteiger partial charge in [-0.15, -0.1) is 0 Å². The minimum Gasteiger partial charge on any atom is -0.376 e. The molecule has 2 aromatic rings. The molecular formula is C18H21BrN2O. The van der Waals surface area contributed by atoms with Crippen LogP contribution in [0.1, 0.15) is 22.3 Å². The summed E-state index contributed by atoms with van der Waals surface area (Å²) in [6.45, 7) is 8.44. The summed E-state index contributed by atoms with van der Waals surface area (Å²) in [6, 6.07) is 10.0. The van der Waals surface area contributed by atoms with Crippen LogP contribution in [0.4, 0.5) is 11.4 Å². The molecular weight excluding hydrogens is 340 g/mol. The fraction of sp³-hybridized carbons (Fsp3) is 0.278. The standard InChI is InChI=1S/C18H21BrN2O/c1-11-7-13(3)18(14(4)8-11)20-10-17(22)21-15-6-5-12(2)16(19)9-15/h5-9,20H,10H2,1-4H3,(H,21,22). The smallest absolute Gasteiger partial charge is 0.243 e. The van der Waals surface area contributed by atoms with Gasteiger partial charge >= 0.3 is 0 Å². The Balaban J connectivity index is 2.00. The van der Waals surface area contributed by atoms with Gasteiger partial charge in [0.05, 0.1) is 6.54 Å². The van der Waals surface area contributed by atoms with Gasteiger partial charge in [0.1, 0.15) is 0 Å². The van der Waals surface area contributed by atoms with Crippen LogP contribution in [0, 0.1) is 27.7 Å². The number of hydrogen-bond donors (Lipinski definition) is 2. The van der Waals surface area contributed by atoms with Gasteiger partial charge in [0, 0.05) is 15.8 Å². The molecule has 1 amide bonds. The summed E-state index contributed by atoms with van der Waals surface area (Å²) < 4.78 is 0.989. The summed E-state index contributed by atoms with van der Waals surface area (Å²) in [7, 11) is 0. The largest absolute Gasteiger partial charge is 0.376 e. The Morgan fingerprint density at radius 2 is 1.64 bits per heavy atom. The Bertz CT molecular complexity index is 687. The molecule has 0 aromatic heterocycles. The van der Waals surface area contributed by atoms with E-state index in [4.69, 9.17) is 0 Å². The van der Waals surface area contributed by atoms with Crippen LogP contribution in [0.5, 0.6) is 0 Å². The van der Waals surface area contributed by atoms with Gasteiger partial charge in [-0.3, -0.25) is 4.79 Å². The van der Waals surface area contributed by atoms with Gasteiger partial charge in [0.2, 0.25) is 5.91 Å². The van der Waals surface area contributed by atoms with Crippen molar-refractivity contribution in [1.29, 1.82) is 0 Å². The maximum atomic E-state index is 12.1. The van der Waals surface area contributed by atoms with Crippen LogP contribution < -0.4 is 10.6 Å². The lowest BCUT2D eigenvalue weighted by molar-refractivity contribution is -0.114. The summed E-state index contributed by atoms with van der Waals surface area (Å²) >= 11 is 3.47. The Labute approximate surface area is 140 Å². The van der Waals surface area contributed by atoms with Gasteiger partial charge in [0.25, 0.3) is 0 Å². The van der Waals surface area contributed by atoms with Crippen molar-refractivity contribution < 1.29 is 4.79 Å². The number of nitrogens with one attached hydrogen (secondary N) is 2. The second kappa shape index (κ2) is 6.97. The number of halogens is 1. The van der Waals surface area contributed by atoms with E-state index in [0.717, 1.165) is 32.5 Å². The van der Waals surface area contributed by atoms with Crippen LogP contribution in [-0.4, -0.2) is 12.5 Å². The molecule has 0 aliphatic rings. The number of aryl methyl sites for hydroxylation is 4. The summed E-state index contributed by atoms with van der Waals surface area (Å²) in [5.74, 6) is -0.0601. The maximum absolute atomic E-state index is 12.1. The highest BCUT2D eigenvalue weighted by Crippen LogP contribution is 2.22. The molecule has 0 fully saturated rings. The lowest BCUT2D eigenvalue weighted by Gasteiger charge is -2.14. The topological polar surface area (TPSA) is 41.1 Å². The van der Waals surface area contributed by atoms with E-state index in [1.54, 1.807) is 0 Å². The van der Waals surface area contributed by atoms with Crippen LogP contribution in [0.3, 0.4) is 0 Å². The monoisotopic (exact) mass is 360 g/mol. The molecule has 3 nitrogen and oxygen atoms in total. The van der Waals surface area contributed by atoms with Crippen molar-refractivity contribution in [1.82, 2.24) is 0 Å². The first-order chi connectivity index (χ1) is 10.4. The number of rotatable bonds is 4. The van der Waals surface area contributed by atoms with Crippen molar-refractivity contribution >= 4 is 33.2 Å². The van der Waals surface area contributed by atoms with E-state index in [1.807, 2.05) is 25.1 Å². The fourth-order valence-corrected chi connectivity index (χ4v) is 2.88. The normalized spacial score (nSPS) is 10.4. The number of anilines is 2. The molecule has 116 valence electrons. The van der Waals surface area contributed by atoms with Crippen molar-refractivity contribution in [2.24, 2.45) is 0 Å². The van der Waals surface area contributed by atoms with Gasteiger partial charge < -0.3 is 10.6 Å². The van der Waals surface area contributed by atoms with Crippen LogP contribution >= 0.6 is 15.9 Å². The molecule has 0 radical (unpaired) electrons. The van der Waals surface area contributed by atoms with E-state index in [2.05, 4.69) is 59.5 Å². The summed E-state index contributed by atoms with van der Waals surface area (Å²) in [6.07, 6.45) is 0. The van der Waals surface area contributed by atoms with E-state index >= 15 is 0 Å². The van der Waals surface area contributed by atoms with Gasteiger partial charge in [-0.25, -0.2) is 0 Å². The zero-order valence-electron chi connectivity index (χ0n) is 13.4.